The van der Waals surface area contributed by atoms with Crippen molar-refractivity contribution >= 4 is 17.5 Å². The van der Waals surface area contributed by atoms with Gasteiger partial charge in [0.25, 0.3) is 5.91 Å². The van der Waals surface area contributed by atoms with E-state index in [-0.39, 0.29) is 37.4 Å². The third kappa shape index (κ3) is 4.97. The fraction of sp³-hybridized carbons (Fsp3) is 0.280. The average Bonchev–Trinajstić information content (AvgIpc) is 3.15. The number of hydrogen-bond donors (Lipinski definition) is 2. The number of aliphatic hydroxyl groups excluding tert-OH is 1. The Balaban J connectivity index is 1.49. The number of nitrogens with zero attached hydrogens (tertiary/aromatic N) is 1. The van der Waals surface area contributed by atoms with E-state index < -0.39 is 12.1 Å². The number of benzene rings is 2. The van der Waals surface area contributed by atoms with Gasteiger partial charge in [-0.1, -0.05) is 24.3 Å². The number of rotatable bonds is 6. The molecule has 2 atom stereocenters. The first-order valence-corrected chi connectivity index (χ1v) is 10.6. The number of morpholine rings is 1. The first-order chi connectivity index (χ1) is 15.9. The van der Waals surface area contributed by atoms with Crippen LogP contribution in [0.5, 0.6) is 0 Å². The molecule has 1 aliphatic heterocycles. The van der Waals surface area contributed by atoms with Crippen molar-refractivity contribution in [2.45, 2.75) is 32.5 Å². The lowest BCUT2D eigenvalue weighted by atomic mass is 9.98. The number of aryl methyl sites for hydroxylation is 2. The Morgan fingerprint density at radius 2 is 1.85 bits per heavy atom. The summed E-state index contributed by atoms with van der Waals surface area (Å²) in [4.78, 5) is 26.6. The minimum atomic E-state index is -0.603. The lowest BCUT2D eigenvalue weighted by molar-refractivity contribution is -0.162. The van der Waals surface area contributed by atoms with Crippen LogP contribution in [0.1, 0.15) is 39.1 Å². The van der Waals surface area contributed by atoms with Gasteiger partial charge in [0.2, 0.25) is 5.91 Å². The third-order valence-corrected chi connectivity index (χ3v) is 5.69. The molecule has 0 aliphatic carbocycles. The number of ether oxygens (including phenoxy) is 1. The second-order valence-electron chi connectivity index (χ2n) is 8.03. The Labute approximate surface area is 190 Å². The highest BCUT2D eigenvalue weighted by molar-refractivity contribution is 6.05. The van der Waals surface area contributed by atoms with E-state index in [9.17, 15) is 19.1 Å². The molecule has 8 heteroatoms. The van der Waals surface area contributed by atoms with E-state index in [1.54, 1.807) is 61.2 Å². The molecule has 2 N–H and O–H groups in total. The maximum absolute atomic E-state index is 13.2. The lowest BCUT2D eigenvalue weighted by Gasteiger charge is -2.40. The summed E-state index contributed by atoms with van der Waals surface area (Å²) in [6.07, 6.45) is -0.545. The van der Waals surface area contributed by atoms with Gasteiger partial charge < -0.3 is 24.5 Å². The maximum atomic E-state index is 13.2. The van der Waals surface area contributed by atoms with E-state index in [2.05, 4.69) is 5.32 Å². The van der Waals surface area contributed by atoms with Crippen LogP contribution in [0.3, 0.4) is 0 Å². The minimum absolute atomic E-state index is 0.125. The van der Waals surface area contributed by atoms with Gasteiger partial charge in [0, 0.05) is 12.2 Å². The van der Waals surface area contributed by atoms with Crippen LogP contribution in [0.2, 0.25) is 0 Å². The van der Waals surface area contributed by atoms with Crippen molar-refractivity contribution in [1.82, 2.24) is 4.90 Å². The lowest BCUT2D eigenvalue weighted by Crippen LogP contribution is -2.52. The molecule has 7 nitrogen and oxygen atoms in total. The number of carbonyl (C=O) groups is 2. The predicted molar refractivity (Wildman–Crippen MR) is 119 cm³/mol. The molecule has 3 aromatic rings. The highest BCUT2D eigenvalue weighted by atomic mass is 19.1. The number of amides is 2. The molecular formula is C25H25FN2O5. The normalized spacial score (nSPS) is 18.4. The summed E-state index contributed by atoms with van der Waals surface area (Å²) in [7, 11) is 0. The molecule has 0 radical (unpaired) electrons. The Bertz CT molecular complexity index is 1140. The molecule has 4 rings (SSSR count). The molecule has 2 amide bonds. The zero-order valence-corrected chi connectivity index (χ0v) is 18.4. The molecule has 0 unspecified atom stereocenters. The van der Waals surface area contributed by atoms with Crippen molar-refractivity contribution in [3.8, 4) is 0 Å². The van der Waals surface area contributed by atoms with Gasteiger partial charge in [0.15, 0.2) is 0 Å². The van der Waals surface area contributed by atoms with E-state index in [4.69, 9.17) is 9.15 Å². The number of nitrogens with one attached hydrogen (secondary N) is 1. The predicted octanol–water partition coefficient (Wildman–Crippen LogP) is 3.75. The summed E-state index contributed by atoms with van der Waals surface area (Å²) in [5, 5.41) is 12.9. The van der Waals surface area contributed by atoms with Crippen LogP contribution in [0.25, 0.3) is 0 Å². The molecule has 0 saturated carbocycles. The van der Waals surface area contributed by atoms with Crippen LogP contribution in [-0.4, -0.2) is 41.1 Å². The molecule has 1 aliphatic rings. The number of halogens is 1. The van der Waals surface area contributed by atoms with Crippen molar-refractivity contribution < 1.29 is 28.2 Å². The van der Waals surface area contributed by atoms with Crippen molar-refractivity contribution in [2.24, 2.45) is 0 Å². The van der Waals surface area contributed by atoms with E-state index >= 15 is 0 Å². The second kappa shape index (κ2) is 9.56. The maximum Gasteiger partial charge on any atom is 0.259 e. The van der Waals surface area contributed by atoms with Crippen molar-refractivity contribution in [3.05, 3.63) is 88.6 Å². The zero-order valence-electron chi connectivity index (χ0n) is 18.4. The molecule has 172 valence electrons. The summed E-state index contributed by atoms with van der Waals surface area (Å²) >= 11 is 0. The zero-order chi connectivity index (χ0) is 23.5. The summed E-state index contributed by atoms with van der Waals surface area (Å²) in [5.41, 5.74) is 2.59. The van der Waals surface area contributed by atoms with Crippen LogP contribution < -0.4 is 5.32 Å². The Kier molecular flexibility index (Phi) is 6.57. The van der Waals surface area contributed by atoms with E-state index in [1.165, 1.54) is 12.1 Å². The molecule has 1 fully saturated rings. The largest absolute Gasteiger partial charge is 0.466 e. The van der Waals surface area contributed by atoms with Gasteiger partial charge in [-0.15, -0.1) is 0 Å². The SMILES string of the molecule is Cc1cc(C(=O)Nc2ccc([C@H]3OCC(=O)N(Cc4ccc(F)cc4)[C@@H]3CO)cc2)c(C)o1. The monoisotopic (exact) mass is 452 g/mol. The van der Waals surface area contributed by atoms with Gasteiger partial charge >= 0.3 is 0 Å². The summed E-state index contributed by atoms with van der Waals surface area (Å²) in [6.45, 7) is 3.33. The van der Waals surface area contributed by atoms with Crippen molar-refractivity contribution in [2.75, 3.05) is 18.5 Å². The van der Waals surface area contributed by atoms with Gasteiger partial charge in [0.1, 0.15) is 30.0 Å². The highest BCUT2D eigenvalue weighted by Gasteiger charge is 2.37. The minimum Gasteiger partial charge on any atom is -0.466 e. The smallest absolute Gasteiger partial charge is 0.259 e. The topological polar surface area (TPSA) is 92.0 Å². The van der Waals surface area contributed by atoms with Crippen LogP contribution in [-0.2, 0) is 16.1 Å². The number of furan rings is 1. The van der Waals surface area contributed by atoms with Gasteiger partial charge in [-0.3, -0.25) is 9.59 Å². The van der Waals surface area contributed by atoms with E-state index in [0.29, 0.717) is 22.8 Å². The van der Waals surface area contributed by atoms with Crippen molar-refractivity contribution in [1.29, 1.82) is 0 Å². The standard InChI is InChI=1S/C25H25FN2O5/c1-15-11-21(16(2)33-15)25(31)27-20-9-5-18(6-10-20)24-22(13-29)28(23(30)14-32-24)12-17-3-7-19(26)8-4-17/h3-11,22,24,29H,12-14H2,1-2H3,(H,27,31)/t22-,24-/m1/s1. The van der Waals surface area contributed by atoms with Crippen LogP contribution in [0.15, 0.2) is 59.0 Å². The van der Waals surface area contributed by atoms with Gasteiger partial charge in [-0.05, 0) is 55.3 Å². The Morgan fingerprint density at radius 3 is 2.45 bits per heavy atom. The fourth-order valence-electron chi connectivity index (χ4n) is 4.02. The fourth-order valence-corrected chi connectivity index (χ4v) is 4.02. The average molecular weight is 452 g/mol. The number of aliphatic hydroxyl groups is 1. The van der Waals surface area contributed by atoms with Crippen LogP contribution in [0.4, 0.5) is 10.1 Å². The highest BCUT2D eigenvalue weighted by Crippen LogP contribution is 2.31. The second-order valence-corrected chi connectivity index (χ2v) is 8.03. The number of carbonyl (C=O) groups excluding carboxylic acids is 2. The number of anilines is 1. The molecule has 2 heterocycles. The van der Waals surface area contributed by atoms with E-state index in [0.717, 1.165) is 11.1 Å². The summed E-state index contributed by atoms with van der Waals surface area (Å²) in [5.74, 6) is 0.347. The van der Waals surface area contributed by atoms with Crippen LogP contribution in [0, 0.1) is 19.7 Å². The first kappa shape index (κ1) is 22.7. The van der Waals surface area contributed by atoms with Gasteiger partial charge in [-0.25, -0.2) is 4.39 Å². The quantitative estimate of drug-likeness (QED) is 0.594. The molecule has 33 heavy (non-hydrogen) atoms. The Morgan fingerprint density at radius 1 is 1.15 bits per heavy atom. The molecule has 2 aromatic carbocycles. The third-order valence-electron chi connectivity index (χ3n) is 5.69. The van der Waals surface area contributed by atoms with Crippen LogP contribution >= 0.6 is 0 Å². The molecular weight excluding hydrogens is 427 g/mol. The molecule has 0 spiro atoms. The molecule has 0 bridgehead atoms. The molecule has 1 aromatic heterocycles. The van der Waals surface area contributed by atoms with Gasteiger partial charge in [0.05, 0.1) is 18.2 Å². The van der Waals surface area contributed by atoms with Gasteiger partial charge in [-0.2, -0.15) is 0 Å². The molecule has 1 saturated heterocycles. The summed E-state index contributed by atoms with van der Waals surface area (Å²) in [6, 6.07) is 14.1. The number of hydrogen-bond acceptors (Lipinski definition) is 5. The summed E-state index contributed by atoms with van der Waals surface area (Å²) < 4.78 is 24.4. The Hall–Kier alpha value is -3.49. The van der Waals surface area contributed by atoms with E-state index in [1.807, 2.05) is 0 Å². The first-order valence-electron chi connectivity index (χ1n) is 10.6. The van der Waals surface area contributed by atoms with Crippen molar-refractivity contribution in [3.63, 3.8) is 0 Å².